The molecule has 1 unspecified atom stereocenters. The Morgan fingerprint density at radius 1 is 1.28 bits per heavy atom. The number of nitrogens with zero attached hydrogens (tertiary/aromatic N) is 1. The third-order valence-electron chi connectivity index (χ3n) is 4.49. The van der Waals surface area contributed by atoms with Crippen molar-refractivity contribution in [3.8, 4) is 0 Å². The zero-order valence-electron chi connectivity index (χ0n) is 10.9. The van der Waals surface area contributed by atoms with E-state index in [0.717, 1.165) is 5.92 Å². The quantitative estimate of drug-likeness (QED) is 0.922. The highest BCUT2D eigenvalue weighted by Crippen LogP contribution is 2.30. The molecule has 18 heavy (non-hydrogen) atoms. The Labute approximate surface area is 118 Å². The Morgan fingerprint density at radius 2 is 2.00 bits per heavy atom. The summed E-state index contributed by atoms with van der Waals surface area (Å²) in [6.07, 6.45) is 2.75. The second-order valence-electron chi connectivity index (χ2n) is 5.65. The highest BCUT2D eigenvalue weighted by molar-refractivity contribution is 9.10. The first-order chi connectivity index (χ1) is 8.74. The first-order valence-corrected chi connectivity index (χ1v) is 7.76. The van der Waals surface area contributed by atoms with Gasteiger partial charge in [0.15, 0.2) is 0 Å². The average Bonchev–Trinajstić information content (AvgIpc) is 2.40. The molecule has 0 spiro atoms. The topological polar surface area (TPSA) is 15.3 Å². The summed E-state index contributed by atoms with van der Waals surface area (Å²) >= 11 is 3.65. The van der Waals surface area contributed by atoms with E-state index in [2.05, 4.69) is 57.3 Å². The maximum absolute atomic E-state index is 3.84. The highest BCUT2D eigenvalue weighted by Gasteiger charge is 2.34. The lowest BCUT2D eigenvalue weighted by atomic mass is 9.83. The van der Waals surface area contributed by atoms with E-state index < -0.39 is 0 Å². The molecule has 1 aromatic rings. The molecule has 1 aromatic carbocycles. The van der Waals surface area contributed by atoms with E-state index in [0.29, 0.717) is 12.1 Å². The molecule has 0 aliphatic carbocycles. The van der Waals surface area contributed by atoms with E-state index in [4.69, 9.17) is 0 Å². The molecule has 98 valence electrons. The van der Waals surface area contributed by atoms with Crippen molar-refractivity contribution in [1.82, 2.24) is 10.2 Å². The zero-order valence-corrected chi connectivity index (χ0v) is 12.5. The first kappa shape index (κ1) is 12.6. The number of halogens is 1. The summed E-state index contributed by atoms with van der Waals surface area (Å²) in [7, 11) is 0. The van der Waals surface area contributed by atoms with Crippen LogP contribution in [0.5, 0.6) is 0 Å². The van der Waals surface area contributed by atoms with E-state index in [1.165, 1.54) is 42.5 Å². The van der Waals surface area contributed by atoms with Gasteiger partial charge in [0.1, 0.15) is 0 Å². The number of piperidine rings is 3. The Kier molecular flexibility index (Phi) is 3.73. The molecule has 2 nitrogen and oxygen atoms in total. The molecule has 2 bridgehead atoms. The van der Waals surface area contributed by atoms with Crippen molar-refractivity contribution in [2.75, 3.05) is 19.6 Å². The zero-order chi connectivity index (χ0) is 12.5. The summed E-state index contributed by atoms with van der Waals surface area (Å²) < 4.78 is 1.21. The molecule has 3 heteroatoms. The molecular formula is C15H21BrN2. The Bertz CT molecular complexity index is 413. The molecule has 1 N–H and O–H groups in total. The van der Waals surface area contributed by atoms with E-state index in [1.54, 1.807) is 0 Å². The van der Waals surface area contributed by atoms with Gasteiger partial charge in [-0.3, -0.25) is 0 Å². The number of hydrogen-bond acceptors (Lipinski definition) is 2. The van der Waals surface area contributed by atoms with Crippen molar-refractivity contribution in [1.29, 1.82) is 0 Å². The van der Waals surface area contributed by atoms with E-state index in [1.807, 2.05) is 0 Å². The maximum atomic E-state index is 3.84. The first-order valence-electron chi connectivity index (χ1n) is 6.97. The molecule has 0 saturated carbocycles. The normalized spacial score (nSPS) is 32.4. The molecule has 3 aliphatic rings. The van der Waals surface area contributed by atoms with Crippen LogP contribution in [0.4, 0.5) is 0 Å². The van der Waals surface area contributed by atoms with Gasteiger partial charge < -0.3 is 10.2 Å². The third kappa shape index (κ3) is 2.49. The van der Waals surface area contributed by atoms with Gasteiger partial charge in [-0.2, -0.15) is 0 Å². The summed E-state index contributed by atoms with van der Waals surface area (Å²) in [5.41, 5.74) is 1.37. The van der Waals surface area contributed by atoms with Crippen molar-refractivity contribution in [2.45, 2.75) is 31.8 Å². The van der Waals surface area contributed by atoms with Crippen LogP contribution >= 0.6 is 15.9 Å². The molecule has 3 fully saturated rings. The molecule has 4 rings (SSSR count). The fourth-order valence-corrected chi connectivity index (χ4v) is 4.02. The summed E-state index contributed by atoms with van der Waals surface area (Å²) in [6, 6.07) is 9.64. The van der Waals surface area contributed by atoms with Gasteiger partial charge in [0.2, 0.25) is 0 Å². The van der Waals surface area contributed by atoms with Gasteiger partial charge in [-0.25, -0.2) is 0 Å². The summed E-state index contributed by atoms with van der Waals surface area (Å²) in [4.78, 5) is 2.60. The van der Waals surface area contributed by atoms with E-state index in [9.17, 15) is 0 Å². The van der Waals surface area contributed by atoms with Gasteiger partial charge in [-0.1, -0.05) is 34.1 Å². The molecule has 0 aromatic heterocycles. The van der Waals surface area contributed by atoms with Crippen LogP contribution in [0.15, 0.2) is 28.7 Å². The SMILES string of the molecule is C[C@H](NC1CN2CCC1CC2)c1ccccc1Br. The maximum Gasteiger partial charge on any atom is 0.0306 e. The van der Waals surface area contributed by atoms with Crippen molar-refractivity contribution in [3.05, 3.63) is 34.3 Å². The van der Waals surface area contributed by atoms with Crippen molar-refractivity contribution in [3.63, 3.8) is 0 Å². The highest BCUT2D eigenvalue weighted by atomic mass is 79.9. The summed E-state index contributed by atoms with van der Waals surface area (Å²) in [5.74, 6) is 0.889. The van der Waals surface area contributed by atoms with Crippen molar-refractivity contribution < 1.29 is 0 Å². The van der Waals surface area contributed by atoms with Crippen molar-refractivity contribution in [2.24, 2.45) is 5.92 Å². The van der Waals surface area contributed by atoms with Gasteiger partial charge >= 0.3 is 0 Å². The average molecular weight is 309 g/mol. The smallest absolute Gasteiger partial charge is 0.0306 e. The number of fused-ring (bicyclic) bond motifs is 3. The van der Waals surface area contributed by atoms with Crippen LogP contribution in [0, 0.1) is 5.92 Å². The predicted octanol–water partition coefficient (Wildman–Crippen LogP) is 3.19. The molecule has 3 saturated heterocycles. The van der Waals surface area contributed by atoms with Crippen LogP contribution in [-0.4, -0.2) is 30.6 Å². The summed E-state index contributed by atoms with van der Waals surface area (Å²) in [5, 5.41) is 3.84. The molecular weight excluding hydrogens is 288 g/mol. The van der Waals surface area contributed by atoms with Crippen LogP contribution in [0.1, 0.15) is 31.4 Å². The lowest BCUT2D eigenvalue weighted by Crippen LogP contribution is -2.56. The third-order valence-corrected chi connectivity index (χ3v) is 5.21. The van der Waals surface area contributed by atoms with E-state index >= 15 is 0 Å². The molecule has 0 amide bonds. The van der Waals surface area contributed by atoms with Crippen LogP contribution in [0.25, 0.3) is 0 Å². The van der Waals surface area contributed by atoms with Gasteiger partial charge in [-0.15, -0.1) is 0 Å². The van der Waals surface area contributed by atoms with Gasteiger partial charge in [0, 0.05) is 23.1 Å². The van der Waals surface area contributed by atoms with Crippen LogP contribution < -0.4 is 5.32 Å². The summed E-state index contributed by atoms with van der Waals surface area (Å²) in [6.45, 7) is 6.13. The standard InChI is InChI=1S/C15H21BrN2/c1-11(13-4-2-3-5-14(13)16)17-15-10-18-8-6-12(15)7-9-18/h2-5,11-12,15,17H,6-10H2,1H3/t11-,15?/m0/s1. The number of rotatable bonds is 3. The lowest BCUT2D eigenvalue weighted by molar-refractivity contribution is 0.0680. The van der Waals surface area contributed by atoms with Crippen molar-refractivity contribution >= 4 is 15.9 Å². The molecule has 0 radical (unpaired) electrons. The van der Waals surface area contributed by atoms with Crippen LogP contribution in [0.2, 0.25) is 0 Å². The fourth-order valence-electron chi connectivity index (χ4n) is 3.39. The molecule has 3 heterocycles. The van der Waals surface area contributed by atoms with Gasteiger partial charge in [-0.05, 0) is 50.4 Å². The largest absolute Gasteiger partial charge is 0.306 e. The van der Waals surface area contributed by atoms with Gasteiger partial charge in [0.25, 0.3) is 0 Å². The fraction of sp³-hybridized carbons (Fsp3) is 0.600. The monoisotopic (exact) mass is 308 g/mol. The van der Waals surface area contributed by atoms with Crippen LogP contribution in [-0.2, 0) is 0 Å². The molecule has 3 aliphatic heterocycles. The number of benzene rings is 1. The van der Waals surface area contributed by atoms with Crippen LogP contribution in [0.3, 0.4) is 0 Å². The second kappa shape index (κ2) is 5.32. The second-order valence-corrected chi connectivity index (χ2v) is 6.51. The van der Waals surface area contributed by atoms with Gasteiger partial charge in [0.05, 0.1) is 0 Å². The lowest BCUT2D eigenvalue weighted by Gasteiger charge is -2.46. The Balaban J connectivity index is 1.68. The predicted molar refractivity (Wildman–Crippen MR) is 78.6 cm³/mol. The number of nitrogens with one attached hydrogen (secondary N) is 1. The Hall–Kier alpha value is -0.380. The minimum absolute atomic E-state index is 0.422. The minimum atomic E-state index is 0.422. The van der Waals surface area contributed by atoms with E-state index in [-0.39, 0.29) is 0 Å². The molecule has 2 atom stereocenters. The Morgan fingerprint density at radius 3 is 2.61 bits per heavy atom. The number of hydrogen-bond donors (Lipinski definition) is 1. The minimum Gasteiger partial charge on any atom is -0.306 e.